The third-order valence-corrected chi connectivity index (χ3v) is 3.38. The number of hydrogen-bond acceptors (Lipinski definition) is 4. The van der Waals surface area contributed by atoms with Gasteiger partial charge in [0.05, 0.1) is 18.2 Å². The number of aromatic nitrogens is 2. The van der Waals surface area contributed by atoms with E-state index in [-0.39, 0.29) is 5.97 Å². The van der Waals surface area contributed by atoms with E-state index in [1.807, 2.05) is 30.3 Å². The molecule has 0 bridgehead atoms. The molecule has 0 aliphatic heterocycles. The number of methoxy groups -OCH3 is 1. The molecule has 22 heavy (non-hydrogen) atoms. The number of anilines is 1. The van der Waals surface area contributed by atoms with Crippen LogP contribution in [0.5, 0.6) is 0 Å². The van der Waals surface area contributed by atoms with Crippen LogP contribution in [0.1, 0.15) is 15.9 Å². The molecule has 0 saturated heterocycles. The molecule has 5 nitrogen and oxygen atoms in total. The van der Waals surface area contributed by atoms with Gasteiger partial charge in [-0.1, -0.05) is 36.9 Å². The fourth-order valence-electron chi connectivity index (χ4n) is 2.21. The lowest BCUT2D eigenvalue weighted by atomic mass is 10.1. The van der Waals surface area contributed by atoms with E-state index in [0.29, 0.717) is 11.4 Å². The van der Waals surface area contributed by atoms with Gasteiger partial charge in [-0.05, 0) is 23.8 Å². The second-order valence-electron chi connectivity index (χ2n) is 4.79. The Morgan fingerprint density at radius 3 is 2.68 bits per heavy atom. The summed E-state index contributed by atoms with van der Waals surface area (Å²) >= 11 is 0. The van der Waals surface area contributed by atoms with Crippen molar-refractivity contribution in [1.82, 2.24) is 10.2 Å². The Bertz CT molecular complexity index is 837. The molecule has 0 aliphatic rings. The van der Waals surface area contributed by atoms with Crippen LogP contribution in [0.2, 0.25) is 0 Å². The van der Waals surface area contributed by atoms with Gasteiger partial charge in [0, 0.05) is 11.1 Å². The van der Waals surface area contributed by atoms with Gasteiger partial charge in [0.15, 0.2) is 5.82 Å². The zero-order valence-corrected chi connectivity index (χ0v) is 12.1. The number of carbonyl (C=O) groups excluding carboxylic acids is 1. The predicted octanol–water partition coefficient (Wildman–Crippen LogP) is 3.43. The summed E-state index contributed by atoms with van der Waals surface area (Å²) < 4.78 is 4.74. The number of aromatic amines is 1. The van der Waals surface area contributed by atoms with Crippen molar-refractivity contribution in [3.63, 3.8) is 0 Å². The smallest absolute Gasteiger partial charge is 0.337 e. The highest BCUT2D eigenvalue weighted by Crippen LogP contribution is 2.25. The first-order valence-corrected chi connectivity index (χ1v) is 6.77. The minimum Gasteiger partial charge on any atom is -0.465 e. The van der Waals surface area contributed by atoms with E-state index in [9.17, 15) is 4.79 Å². The summed E-state index contributed by atoms with van der Waals surface area (Å²) in [5, 5.41) is 11.1. The average molecular weight is 293 g/mol. The topological polar surface area (TPSA) is 67.0 Å². The van der Waals surface area contributed by atoms with E-state index in [1.54, 1.807) is 18.2 Å². The second-order valence-corrected chi connectivity index (χ2v) is 4.79. The van der Waals surface area contributed by atoms with Gasteiger partial charge in [-0.15, -0.1) is 0 Å². The van der Waals surface area contributed by atoms with E-state index in [2.05, 4.69) is 22.1 Å². The van der Waals surface area contributed by atoms with Crippen LogP contribution in [0.15, 0.2) is 55.1 Å². The van der Waals surface area contributed by atoms with Crippen LogP contribution >= 0.6 is 0 Å². The summed E-state index contributed by atoms with van der Waals surface area (Å²) in [4.78, 5) is 11.6. The molecule has 2 N–H and O–H groups in total. The van der Waals surface area contributed by atoms with Crippen LogP contribution in [0, 0.1) is 0 Å². The Morgan fingerprint density at radius 1 is 1.18 bits per heavy atom. The number of fused-ring (bicyclic) bond motifs is 1. The molecule has 1 heterocycles. The number of nitrogens with one attached hydrogen (secondary N) is 2. The molecule has 0 amide bonds. The summed E-state index contributed by atoms with van der Waals surface area (Å²) in [5.41, 5.74) is 3.01. The van der Waals surface area contributed by atoms with Gasteiger partial charge in [0.1, 0.15) is 0 Å². The molecule has 0 unspecified atom stereocenters. The number of rotatable bonds is 4. The molecular weight excluding hydrogens is 278 g/mol. The van der Waals surface area contributed by atoms with Crippen LogP contribution in [0.4, 0.5) is 5.82 Å². The van der Waals surface area contributed by atoms with Crippen molar-refractivity contribution in [2.75, 3.05) is 12.4 Å². The zero-order valence-electron chi connectivity index (χ0n) is 12.1. The lowest BCUT2D eigenvalue weighted by Crippen LogP contribution is -2.01. The van der Waals surface area contributed by atoms with E-state index in [1.165, 1.54) is 7.11 Å². The van der Waals surface area contributed by atoms with Gasteiger partial charge in [-0.2, -0.15) is 5.10 Å². The van der Waals surface area contributed by atoms with Crippen molar-refractivity contribution in [3.8, 4) is 0 Å². The third-order valence-electron chi connectivity index (χ3n) is 3.38. The van der Waals surface area contributed by atoms with Gasteiger partial charge >= 0.3 is 5.97 Å². The molecule has 3 rings (SSSR count). The summed E-state index contributed by atoms with van der Waals surface area (Å²) in [6.45, 7) is 4.02. The lowest BCUT2D eigenvalue weighted by molar-refractivity contribution is 0.0601. The van der Waals surface area contributed by atoms with Crippen molar-refractivity contribution in [3.05, 3.63) is 66.2 Å². The van der Waals surface area contributed by atoms with Crippen LogP contribution in [0.25, 0.3) is 16.6 Å². The number of nitrogens with zero attached hydrogens (tertiary/aromatic N) is 1. The molecule has 0 atom stereocenters. The van der Waals surface area contributed by atoms with E-state index in [0.717, 1.165) is 22.2 Å². The third kappa shape index (κ3) is 2.56. The standard InChI is InChI=1S/C17H15N3O2/c1-11(12-6-4-3-5-7-12)18-16-14-10-13(17(21)22-2)8-9-15(14)19-20-16/h3-10H,1H2,2H3,(H2,18,19,20). The number of hydrogen-bond donors (Lipinski definition) is 2. The minimum atomic E-state index is -0.379. The Balaban J connectivity index is 1.94. The van der Waals surface area contributed by atoms with Crippen molar-refractivity contribution in [1.29, 1.82) is 0 Å². The highest BCUT2D eigenvalue weighted by molar-refractivity contribution is 5.99. The monoisotopic (exact) mass is 293 g/mol. The van der Waals surface area contributed by atoms with Gasteiger partial charge in [0.25, 0.3) is 0 Å². The van der Waals surface area contributed by atoms with Crippen LogP contribution < -0.4 is 5.32 Å². The van der Waals surface area contributed by atoms with Crippen LogP contribution in [-0.4, -0.2) is 23.3 Å². The maximum atomic E-state index is 11.6. The van der Waals surface area contributed by atoms with Crippen molar-refractivity contribution in [2.45, 2.75) is 0 Å². The maximum Gasteiger partial charge on any atom is 0.337 e. The molecule has 0 aliphatic carbocycles. The first-order chi connectivity index (χ1) is 10.7. The molecule has 0 saturated carbocycles. The largest absolute Gasteiger partial charge is 0.465 e. The molecule has 0 spiro atoms. The summed E-state index contributed by atoms with van der Waals surface area (Å²) in [5.74, 6) is 0.241. The average Bonchev–Trinajstić information content (AvgIpc) is 2.97. The van der Waals surface area contributed by atoms with Gasteiger partial charge in [-0.25, -0.2) is 4.79 Å². The first kappa shape index (κ1) is 13.9. The van der Waals surface area contributed by atoms with E-state index < -0.39 is 0 Å². The Labute approximate surface area is 127 Å². The molecular formula is C17H15N3O2. The normalized spacial score (nSPS) is 10.4. The molecule has 5 heteroatoms. The SMILES string of the molecule is C=C(Nc1n[nH]c2ccc(C(=O)OC)cc12)c1ccccc1. The maximum absolute atomic E-state index is 11.6. The number of ether oxygens (including phenoxy) is 1. The van der Waals surface area contributed by atoms with E-state index in [4.69, 9.17) is 4.74 Å². The summed E-state index contributed by atoms with van der Waals surface area (Å²) in [6, 6.07) is 15.0. The van der Waals surface area contributed by atoms with Crippen molar-refractivity contribution in [2.24, 2.45) is 0 Å². The number of H-pyrrole nitrogens is 1. The molecule has 110 valence electrons. The molecule has 3 aromatic rings. The molecule has 1 aromatic heterocycles. The molecule has 2 aromatic carbocycles. The Hall–Kier alpha value is -3.08. The fourth-order valence-corrected chi connectivity index (χ4v) is 2.21. The molecule has 0 fully saturated rings. The van der Waals surface area contributed by atoms with E-state index >= 15 is 0 Å². The zero-order chi connectivity index (χ0) is 15.5. The second kappa shape index (κ2) is 5.73. The minimum absolute atomic E-state index is 0.379. The molecule has 0 radical (unpaired) electrons. The number of carbonyl (C=O) groups is 1. The van der Waals surface area contributed by atoms with Crippen molar-refractivity contribution < 1.29 is 9.53 Å². The highest BCUT2D eigenvalue weighted by atomic mass is 16.5. The van der Waals surface area contributed by atoms with Gasteiger partial charge < -0.3 is 10.1 Å². The summed E-state index contributed by atoms with van der Waals surface area (Å²) in [6.07, 6.45) is 0. The fraction of sp³-hybridized carbons (Fsp3) is 0.0588. The van der Waals surface area contributed by atoms with Crippen LogP contribution in [0.3, 0.4) is 0 Å². The summed E-state index contributed by atoms with van der Waals surface area (Å²) in [7, 11) is 1.36. The Morgan fingerprint density at radius 2 is 1.95 bits per heavy atom. The predicted molar refractivity (Wildman–Crippen MR) is 86.5 cm³/mol. The quantitative estimate of drug-likeness (QED) is 0.723. The first-order valence-electron chi connectivity index (χ1n) is 6.77. The Kier molecular flexibility index (Phi) is 3.62. The number of esters is 1. The van der Waals surface area contributed by atoms with Crippen molar-refractivity contribution >= 4 is 28.4 Å². The highest BCUT2D eigenvalue weighted by Gasteiger charge is 2.11. The number of benzene rings is 2. The van der Waals surface area contributed by atoms with Gasteiger partial charge in [0.2, 0.25) is 0 Å². The van der Waals surface area contributed by atoms with Crippen LogP contribution in [-0.2, 0) is 4.74 Å². The lowest BCUT2D eigenvalue weighted by Gasteiger charge is -2.07. The van der Waals surface area contributed by atoms with Gasteiger partial charge in [-0.3, -0.25) is 5.10 Å².